The van der Waals surface area contributed by atoms with E-state index in [9.17, 15) is 9.59 Å². The van der Waals surface area contributed by atoms with E-state index in [0.29, 0.717) is 11.3 Å². The van der Waals surface area contributed by atoms with Gasteiger partial charge in [0.15, 0.2) is 0 Å². The predicted molar refractivity (Wildman–Crippen MR) is 110 cm³/mol. The molecule has 1 aliphatic rings. The molecule has 2 atom stereocenters. The van der Waals surface area contributed by atoms with Gasteiger partial charge < -0.3 is 9.47 Å². The molecule has 0 aliphatic carbocycles. The number of methoxy groups -OCH3 is 1. The number of fused-ring (bicyclic) bond motifs is 1. The van der Waals surface area contributed by atoms with Gasteiger partial charge in [0.1, 0.15) is 11.2 Å². The van der Waals surface area contributed by atoms with Gasteiger partial charge in [-0.05, 0) is 17.2 Å². The van der Waals surface area contributed by atoms with E-state index < -0.39 is 23.3 Å². The van der Waals surface area contributed by atoms with Crippen LogP contribution in [0.4, 0.5) is 0 Å². The summed E-state index contributed by atoms with van der Waals surface area (Å²) in [5, 5.41) is 0. The third-order valence-electron chi connectivity index (χ3n) is 5.43. The van der Waals surface area contributed by atoms with Gasteiger partial charge in [-0.1, -0.05) is 85.4 Å². The summed E-state index contributed by atoms with van der Waals surface area (Å²) in [6.07, 6.45) is 0. The maximum atomic E-state index is 13.6. The first-order valence-electron chi connectivity index (χ1n) is 9.30. The molecule has 3 aromatic rings. The summed E-state index contributed by atoms with van der Waals surface area (Å²) in [6, 6.07) is 26.1. The fourth-order valence-corrected chi connectivity index (χ4v) is 4.19. The molecule has 0 aromatic heterocycles. The van der Waals surface area contributed by atoms with Crippen molar-refractivity contribution in [1.29, 1.82) is 0 Å². The molecule has 3 aromatic carbocycles. The molecule has 4 heteroatoms. The molecule has 0 saturated heterocycles. The van der Waals surface area contributed by atoms with Crippen molar-refractivity contribution in [2.75, 3.05) is 7.11 Å². The quantitative estimate of drug-likeness (QED) is 0.372. The number of ether oxygens (including phenoxy) is 2. The SMILES string of the molecule is C=C(C(=O)OC)C(c1ccccc1)C1(c2ccccc2)C(=O)Oc2ccccc21. The zero-order valence-electron chi connectivity index (χ0n) is 16.0. The molecular weight excluding hydrogens is 364 g/mol. The molecule has 2 unspecified atom stereocenters. The number of hydrogen-bond donors (Lipinski definition) is 0. The second-order valence-corrected chi connectivity index (χ2v) is 6.92. The van der Waals surface area contributed by atoms with Crippen LogP contribution in [-0.4, -0.2) is 19.0 Å². The van der Waals surface area contributed by atoms with Crippen LogP contribution in [0.2, 0.25) is 0 Å². The lowest BCUT2D eigenvalue weighted by molar-refractivity contribution is -0.138. The standard InChI is InChI=1S/C25H20O4/c1-17(23(26)28-2)22(18-11-5-3-6-12-18)25(19-13-7-4-8-14-19)20-15-9-10-16-21(20)29-24(25)27/h3-16,22H,1H2,2H3. The van der Waals surface area contributed by atoms with Crippen LogP contribution in [0.25, 0.3) is 0 Å². The number of hydrogen-bond acceptors (Lipinski definition) is 4. The highest BCUT2D eigenvalue weighted by atomic mass is 16.5. The normalized spacial score (nSPS) is 18.4. The molecule has 0 N–H and O–H groups in total. The number of esters is 2. The van der Waals surface area contributed by atoms with E-state index >= 15 is 0 Å². The van der Waals surface area contributed by atoms with Gasteiger partial charge in [-0.15, -0.1) is 0 Å². The van der Waals surface area contributed by atoms with E-state index in [0.717, 1.165) is 11.1 Å². The Labute approximate surface area is 169 Å². The molecule has 0 fully saturated rings. The van der Waals surface area contributed by atoms with E-state index in [4.69, 9.17) is 9.47 Å². The first-order chi connectivity index (χ1) is 14.1. The van der Waals surface area contributed by atoms with Crippen LogP contribution in [0.5, 0.6) is 5.75 Å². The second-order valence-electron chi connectivity index (χ2n) is 6.92. The Bertz CT molecular complexity index is 1070. The van der Waals surface area contributed by atoms with Crippen molar-refractivity contribution in [2.24, 2.45) is 0 Å². The molecule has 29 heavy (non-hydrogen) atoms. The zero-order valence-corrected chi connectivity index (χ0v) is 16.0. The van der Waals surface area contributed by atoms with Crippen LogP contribution in [0.3, 0.4) is 0 Å². The molecule has 4 nitrogen and oxygen atoms in total. The molecule has 4 rings (SSSR count). The Kier molecular flexibility index (Phi) is 4.77. The van der Waals surface area contributed by atoms with Gasteiger partial charge >= 0.3 is 11.9 Å². The summed E-state index contributed by atoms with van der Waals surface area (Å²) in [5.41, 5.74) is 1.14. The van der Waals surface area contributed by atoms with Gasteiger partial charge in [-0.3, -0.25) is 4.79 Å². The molecule has 1 aliphatic heterocycles. The summed E-state index contributed by atoms with van der Waals surface area (Å²) >= 11 is 0. The van der Waals surface area contributed by atoms with Crippen LogP contribution >= 0.6 is 0 Å². The number of rotatable bonds is 5. The van der Waals surface area contributed by atoms with Gasteiger partial charge in [0.05, 0.1) is 7.11 Å². The minimum absolute atomic E-state index is 0.191. The Morgan fingerprint density at radius 1 is 0.931 bits per heavy atom. The maximum absolute atomic E-state index is 13.6. The van der Waals surface area contributed by atoms with Crippen molar-refractivity contribution < 1.29 is 19.1 Å². The Morgan fingerprint density at radius 3 is 2.17 bits per heavy atom. The van der Waals surface area contributed by atoms with E-state index in [2.05, 4.69) is 6.58 Å². The van der Waals surface area contributed by atoms with E-state index in [1.165, 1.54) is 7.11 Å². The van der Waals surface area contributed by atoms with Gasteiger partial charge in [0.25, 0.3) is 0 Å². The first kappa shape index (κ1) is 18.7. The number of carbonyl (C=O) groups is 2. The van der Waals surface area contributed by atoms with E-state index in [1.807, 2.05) is 78.9 Å². The third kappa shape index (κ3) is 2.85. The smallest absolute Gasteiger partial charge is 0.333 e. The summed E-state index contributed by atoms with van der Waals surface area (Å²) < 4.78 is 10.7. The molecule has 0 radical (unpaired) electrons. The summed E-state index contributed by atoms with van der Waals surface area (Å²) in [4.78, 5) is 26.2. The van der Waals surface area contributed by atoms with Crippen molar-refractivity contribution in [3.05, 3.63) is 114 Å². The van der Waals surface area contributed by atoms with Gasteiger partial charge in [-0.25, -0.2) is 4.79 Å². The van der Waals surface area contributed by atoms with Crippen molar-refractivity contribution in [3.8, 4) is 5.75 Å². The van der Waals surface area contributed by atoms with Crippen LogP contribution in [-0.2, 0) is 19.7 Å². The predicted octanol–water partition coefficient (Wildman–Crippen LogP) is 4.40. The summed E-state index contributed by atoms with van der Waals surface area (Å²) in [6.45, 7) is 4.04. The van der Waals surface area contributed by atoms with Gasteiger partial charge in [-0.2, -0.15) is 0 Å². The maximum Gasteiger partial charge on any atom is 0.333 e. The molecular formula is C25H20O4. The topological polar surface area (TPSA) is 52.6 Å². The highest BCUT2D eigenvalue weighted by Crippen LogP contribution is 2.54. The van der Waals surface area contributed by atoms with Gasteiger partial charge in [0.2, 0.25) is 0 Å². The van der Waals surface area contributed by atoms with Gasteiger partial charge in [0, 0.05) is 17.1 Å². The first-order valence-corrected chi connectivity index (χ1v) is 9.30. The number of carbonyl (C=O) groups excluding carboxylic acids is 2. The van der Waals surface area contributed by atoms with Crippen LogP contribution < -0.4 is 4.74 Å². The monoisotopic (exact) mass is 384 g/mol. The number of benzene rings is 3. The average Bonchev–Trinajstić information content (AvgIpc) is 3.07. The fraction of sp³-hybridized carbons (Fsp3) is 0.120. The third-order valence-corrected chi connectivity index (χ3v) is 5.43. The fourth-order valence-electron chi connectivity index (χ4n) is 4.19. The number of para-hydroxylation sites is 1. The van der Waals surface area contributed by atoms with Crippen molar-refractivity contribution in [2.45, 2.75) is 11.3 Å². The lowest BCUT2D eigenvalue weighted by atomic mass is 9.62. The van der Waals surface area contributed by atoms with Crippen molar-refractivity contribution >= 4 is 11.9 Å². The molecule has 0 amide bonds. The summed E-state index contributed by atoms with van der Waals surface area (Å²) in [7, 11) is 1.31. The largest absolute Gasteiger partial charge is 0.466 e. The Balaban J connectivity index is 2.08. The molecule has 144 valence electrons. The molecule has 0 saturated carbocycles. The Hall–Kier alpha value is -3.66. The Morgan fingerprint density at radius 2 is 1.52 bits per heavy atom. The minimum atomic E-state index is -1.26. The van der Waals surface area contributed by atoms with E-state index in [-0.39, 0.29) is 5.57 Å². The zero-order chi connectivity index (χ0) is 20.4. The minimum Gasteiger partial charge on any atom is -0.466 e. The highest BCUT2D eigenvalue weighted by Gasteiger charge is 2.57. The summed E-state index contributed by atoms with van der Waals surface area (Å²) in [5.74, 6) is -1.22. The van der Waals surface area contributed by atoms with E-state index in [1.54, 1.807) is 6.07 Å². The molecule has 0 spiro atoms. The molecule has 0 bridgehead atoms. The van der Waals surface area contributed by atoms with Crippen molar-refractivity contribution in [3.63, 3.8) is 0 Å². The van der Waals surface area contributed by atoms with Crippen LogP contribution in [0.1, 0.15) is 22.6 Å². The lowest BCUT2D eigenvalue weighted by Gasteiger charge is -2.36. The van der Waals surface area contributed by atoms with Crippen LogP contribution in [0.15, 0.2) is 97.1 Å². The molecule has 1 heterocycles. The highest BCUT2D eigenvalue weighted by molar-refractivity contribution is 6.00. The van der Waals surface area contributed by atoms with Crippen LogP contribution in [0, 0.1) is 0 Å². The van der Waals surface area contributed by atoms with Crippen molar-refractivity contribution in [1.82, 2.24) is 0 Å². The lowest BCUT2D eigenvalue weighted by Crippen LogP contribution is -2.43. The average molecular weight is 384 g/mol. The second kappa shape index (κ2) is 7.40.